The van der Waals surface area contributed by atoms with Crippen LogP contribution < -0.4 is 0 Å². The summed E-state index contributed by atoms with van der Waals surface area (Å²) in [5, 5.41) is 7.40. The molecule has 0 N–H and O–H groups in total. The van der Waals surface area contributed by atoms with Crippen LogP contribution in [-0.4, -0.2) is 13.2 Å². The lowest BCUT2D eigenvalue weighted by molar-refractivity contribution is -0.248. The average Bonchev–Trinajstić information content (AvgIpc) is 2.00. The number of nitrogens with zero attached hydrogens (tertiary/aromatic N) is 2. The Morgan fingerprint density at radius 1 is 1.44 bits per heavy atom. The third-order valence-electron chi connectivity index (χ3n) is 0.819. The van der Waals surface area contributed by atoms with Crippen LogP contribution in [0, 0.1) is 0 Å². The van der Waals surface area contributed by atoms with Crippen LogP contribution in [0.5, 0.6) is 0 Å². The normalized spacial score (nSPS) is 23.1. The van der Waals surface area contributed by atoms with Gasteiger partial charge < -0.3 is 4.89 Å². The summed E-state index contributed by atoms with van der Waals surface area (Å²) in [5.41, 5.74) is 0. The molecule has 0 spiro atoms. The highest BCUT2D eigenvalue weighted by Gasteiger charge is 1.87. The SMILES string of the molecule is C1=C\OOCCCN=N/1. The van der Waals surface area contributed by atoms with E-state index >= 15 is 0 Å². The lowest BCUT2D eigenvalue weighted by Crippen LogP contribution is -1.92. The lowest BCUT2D eigenvalue weighted by atomic mass is 10.5. The van der Waals surface area contributed by atoms with E-state index in [0.29, 0.717) is 13.2 Å². The van der Waals surface area contributed by atoms with Crippen LogP contribution in [0.25, 0.3) is 0 Å². The second-order valence-electron chi connectivity index (χ2n) is 1.54. The summed E-state index contributed by atoms with van der Waals surface area (Å²) in [4.78, 5) is 9.17. The first-order valence-electron chi connectivity index (χ1n) is 2.80. The first-order chi connectivity index (χ1) is 4.50. The van der Waals surface area contributed by atoms with Gasteiger partial charge in [0.25, 0.3) is 0 Å². The fourth-order valence-corrected chi connectivity index (χ4v) is 0.439. The minimum absolute atomic E-state index is 0.573. The minimum Gasteiger partial charge on any atom is -0.344 e. The summed E-state index contributed by atoms with van der Waals surface area (Å²) in [6, 6.07) is 0. The van der Waals surface area contributed by atoms with E-state index in [1.54, 1.807) is 0 Å². The number of hydrogen-bond acceptors (Lipinski definition) is 4. The van der Waals surface area contributed by atoms with E-state index in [1.807, 2.05) is 0 Å². The maximum atomic E-state index is 4.65. The van der Waals surface area contributed by atoms with Crippen LogP contribution in [0.15, 0.2) is 22.7 Å². The van der Waals surface area contributed by atoms with Crippen molar-refractivity contribution < 1.29 is 9.78 Å². The quantitative estimate of drug-likeness (QED) is 0.461. The van der Waals surface area contributed by atoms with Gasteiger partial charge in [-0.1, -0.05) is 0 Å². The van der Waals surface area contributed by atoms with Crippen LogP contribution in [0.3, 0.4) is 0 Å². The second-order valence-corrected chi connectivity index (χ2v) is 1.54. The molecule has 0 saturated carbocycles. The van der Waals surface area contributed by atoms with Crippen molar-refractivity contribution in [3.63, 3.8) is 0 Å². The van der Waals surface area contributed by atoms with Crippen molar-refractivity contribution in [2.45, 2.75) is 6.42 Å². The van der Waals surface area contributed by atoms with E-state index in [2.05, 4.69) is 20.0 Å². The minimum atomic E-state index is 0.573. The number of azo groups is 1. The van der Waals surface area contributed by atoms with Gasteiger partial charge in [-0.3, -0.25) is 0 Å². The lowest BCUT2D eigenvalue weighted by Gasteiger charge is -1.94. The van der Waals surface area contributed by atoms with E-state index in [1.165, 1.54) is 12.5 Å². The standard InChI is InChI=1S/C5H8N2O2/c1-2-6-7-3-5-9-8-4-1/h3,5H,1-2,4H2/b5-3-,7-6?. The number of hydrogen-bond donors (Lipinski definition) is 0. The Kier molecular flexibility index (Phi) is 2.78. The highest BCUT2D eigenvalue weighted by Crippen LogP contribution is 1.91. The van der Waals surface area contributed by atoms with E-state index in [9.17, 15) is 0 Å². The number of rotatable bonds is 0. The zero-order chi connectivity index (χ0) is 6.36. The summed E-state index contributed by atoms with van der Waals surface area (Å²) in [6.07, 6.45) is 3.66. The van der Waals surface area contributed by atoms with Crippen molar-refractivity contribution in [3.8, 4) is 0 Å². The van der Waals surface area contributed by atoms with Crippen LogP contribution in [0.1, 0.15) is 6.42 Å². The molecule has 0 aromatic carbocycles. The van der Waals surface area contributed by atoms with Crippen molar-refractivity contribution >= 4 is 0 Å². The summed E-state index contributed by atoms with van der Waals surface area (Å²) >= 11 is 0. The van der Waals surface area contributed by atoms with Gasteiger partial charge in [0.15, 0.2) is 0 Å². The Labute approximate surface area is 53.1 Å². The Morgan fingerprint density at radius 3 is 3.44 bits per heavy atom. The molecule has 1 aliphatic heterocycles. The predicted octanol–water partition coefficient (Wildman–Crippen LogP) is 1.26. The van der Waals surface area contributed by atoms with Crippen LogP contribution >= 0.6 is 0 Å². The molecule has 0 atom stereocenters. The summed E-state index contributed by atoms with van der Waals surface area (Å²) in [6.45, 7) is 1.27. The molecule has 4 nitrogen and oxygen atoms in total. The van der Waals surface area contributed by atoms with Gasteiger partial charge in [-0.15, -0.1) is 0 Å². The van der Waals surface area contributed by atoms with Crippen molar-refractivity contribution in [1.29, 1.82) is 0 Å². The maximum Gasteiger partial charge on any atom is 0.149 e. The largest absolute Gasteiger partial charge is 0.344 e. The molecule has 1 heterocycles. The van der Waals surface area contributed by atoms with Gasteiger partial charge in [-0.25, -0.2) is 0 Å². The highest BCUT2D eigenvalue weighted by molar-refractivity contribution is 4.66. The molecule has 0 radical (unpaired) electrons. The van der Waals surface area contributed by atoms with Gasteiger partial charge in [0.2, 0.25) is 0 Å². The molecule has 0 bridgehead atoms. The first-order valence-corrected chi connectivity index (χ1v) is 2.80. The van der Waals surface area contributed by atoms with Gasteiger partial charge in [-0.05, 0) is 6.42 Å². The predicted molar refractivity (Wildman–Crippen MR) is 30.5 cm³/mol. The van der Waals surface area contributed by atoms with Crippen molar-refractivity contribution in [2.24, 2.45) is 10.2 Å². The van der Waals surface area contributed by atoms with E-state index in [-0.39, 0.29) is 0 Å². The maximum absolute atomic E-state index is 4.65. The Balaban J connectivity index is 2.28. The molecule has 0 aliphatic carbocycles. The fourth-order valence-electron chi connectivity index (χ4n) is 0.439. The van der Waals surface area contributed by atoms with Gasteiger partial charge in [0.1, 0.15) is 6.26 Å². The molecule has 0 unspecified atom stereocenters. The fraction of sp³-hybridized carbons (Fsp3) is 0.600. The zero-order valence-corrected chi connectivity index (χ0v) is 4.99. The monoisotopic (exact) mass is 128 g/mol. The van der Waals surface area contributed by atoms with Crippen LogP contribution in [-0.2, 0) is 9.78 Å². The molecular weight excluding hydrogens is 120 g/mol. The first kappa shape index (κ1) is 6.22. The molecule has 0 saturated heterocycles. The Hall–Kier alpha value is -0.900. The smallest absolute Gasteiger partial charge is 0.149 e. The van der Waals surface area contributed by atoms with Gasteiger partial charge in [0.05, 0.1) is 19.4 Å². The molecule has 1 rings (SSSR count). The van der Waals surface area contributed by atoms with Crippen molar-refractivity contribution in [2.75, 3.05) is 13.2 Å². The molecule has 0 amide bonds. The van der Waals surface area contributed by atoms with Gasteiger partial charge in [0, 0.05) is 0 Å². The molecule has 50 valence electrons. The van der Waals surface area contributed by atoms with Gasteiger partial charge in [-0.2, -0.15) is 15.1 Å². The van der Waals surface area contributed by atoms with Gasteiger partial charge >= 0.3 is 0 Å². The van der Waals surface area contributed by atoms with E-state index in [4.69, 9.17) is 0 Å². The molecule has 0 aromatic heterocycles. The Bertz CT molecular complexity index is 108. The van der Waals surface area contributed by atoms with Crippen molar-refractivity contribution in [3.05, 3.63) is 12.5 Å². The van der Waals surface area contributed by atoms with Crippen LogP contribution in [0.4, 0.5) is 0 Å². The third-order valence-corrected chi connectivity index (χ3v) is 0.819. The summed E-state index contributed by atoms with van der Waals surface area (Å²) in [7, 11) is 0. The zero-order valence-electron chi connectivity index (χ0n) is 4.99. The average molecular weight is 128 g/mol. The molecule has 0 aromatic rings. The second kappa shape index (κ2) is 4.03. The molecule has 4 heteroatoms. The Morgan fingerprint density at radius 2 is 2.44 bits per heavy atom. The van der Waals surface area contributed by atoms with Crippen LogP contribution in [0.2, 0.25) is 0 Å². The van der Waals surface area contributed by atoms with E-state index < -0.39 is 0 Å². The highest BCUT2D eigenvalue weighted by atomic mass is 17.2. The topological polar surface area (TPSA) is 43.2 Å². The summed E-state index contributed by atoms with van der Waals surface area (Å²) < 4.78 is 0. The third kappa shape index (κ3) is 2.81. The molecule has 9 heavy (non-hydrogen) atoms. The van der Waals surface area contributed by atoms with Crippen molar-refractivity contribution in [1.82, 2.24) is 0 Å². The molecular formula is C5H8N2O2. The van der Waals surface area contributed by atoms with E-state index in [0.717, 1.165) is 6.42 Å². The molecule has 1 aliphatic rings. The summed E-state index contributed by atoms with van der Waals surface area (Å²) in [5.74, 6) is 0. The molecule has 0 fully saturated rings.